The van der Waals surface area contributed by atoms with Crippen LogP contribution in [0.1, 0.15) is 58.3 Å². The molecule has 4 amide bonds. The van der Waals surface area contributed by atoms with Crippen LogP contribution < -0.4 is 10.6 Å². The highest BCUT2D eigenvalue weighted by atomic mass is 16.7. The predicted octanol–water partition coefficient (Wildman–Crippen LogP) is -0.129. The molecule has 2 saturated heterocycles. The summed E-state index contributed by atoms with van der Waals surface area (Å²) in [5, 5.41) is 5.76. The number of hydrogen-bond donors (Lipinski definition) is 2. The number of likely N-dealkylation sites (tertiary alicyclic amines) is 1. The van der Waals surface area contributed by atoms with E-state index >= 15 is 0 Å². The van der Waals surface area contributed by atoms with Crippen molar-refractivity contribution in [3.8, 4) is 0 Å². The van der Waals surface area contributed by atoms with Gasteiger partial charge in [-0.25, -0.2) is 4.79 Å². The maximum Gasteiger partial charge on any atom is 0.334 e. The van der Waals surface area contributed by atoms with E-state index in [4.69, 9.17) is 4.84 Å². The van der Waals surface area contributed by atoms with Crippen LogP contribution >= 0.6 is 0 Å². The summed E-state index contributed by atoms with van der Waals surface area (Å²) in [5.74, 6) is -2.26. The molecule has 0 saturated carbocycles. The fraction of sp³-hybridized carbons (Fsp3) is 0.737. The van der Waals surface area contributed by atoms with Gasteiger partial charge in [0.2, 0.25) is 11.8 Å². The number of imide groups is 1. The summed E-state index contributed by atoms with van der Waals surface area (Å²) in [6.07, 6.45) is 4.44. The summed E-state index contributed by atoms with van der Waals surface area (Å²) in [6, 6.07) is 0.472. The van der Waals surface area contributed by atoms with Gasteiger partial charge >= 0.3 is 5.97 Å². The number of hydrogen-bond acceptors (Lipinski definition) is 7. The molecular formula is C19H30N4O6. The molecule has 0 aliphatic carbocycles. The third-order valence-corrected chi connectivity index (χ3v) is 4.99. The van der Waals surface area contributed by atoms with Gasteiger partial charge in [0.05, 0.1) is 13.0 Å². The van der Waals surface area contributed by atoms with E-state index in [1.807, 2.05) is 0 Å². The third kappa shape index (κ3) is 7.45. The zero-order valence-corrected chi connectivity index (χ0v) is 16.9. The summed E-state index contributed by atoms with van der Waals surface area (Å²) < 4.78 is 0. The average Bonchev–Trinajstić information content (AvgIpc) is 3.23. The Morgan fingerprint density at radius 1 is 1.03 bits per heavy atom. The van der Waals surface area contributed by atoms with Crippen molar-refractivity contribution in [1.82, 2.24) is 20.6 Å². The van der Waals surface area contributed by atoms with E-state index in [0.717, 1.165) is 32.2 Å². The molecule has 2 rings (SSSR count). The van der Waals surface area contributed by atoms with Gasteiger partial charge < -0.3 is 15.5 Å². The van der Waals surface area contributed by atoms with Gasteiger partial charge in [0.25, 0.3) is 11.8 Å². The van der Waals surface area contributed by atoms with Crippen LogP contribution in [0.15, 0.2) is 0 Å². The molecule has 1 unspecified atom stereocenters. The third-order valence-electron chi connectivity index (χ3n) is 4.99. The van der Waals surface area contributed by atoms with Crippen molar-refractivity contribution >= 4 is 29.6 Å². The van der Waals surface area contributed by atoms with E-state index in [0.29, 0.717) is 17.6 Å². The number of hydroxylamine groups is 2. The second-order valence-electron chi connectivity index (χ2n) is 7.30. The van der Waals surface area contributed by atoms with Gasteiger partial charge in [0.15, 0.2) is 0 Å². The highest BCUT2D eigenvalue weighted by Crippen LogP contribution is 2.20. The molecule has 0 aromatic heterocycles. The molecule has 0 spiro atoms. The van der Waals surface area contributed by atoms with Crippen LogP contribution in [0.3, 0.4) is 0 Å². The van der Waals surface area contributed by atoms with Gasteiger partial charge in [-0.3, -0.25) is 24.1 Å². The maximum atomic E-state index is 12.0. The topological polar surface area (TPSA) is 125 Å². The summed E-state index contributed by atoms with van der Waals surface area (Å²) in [6.45, 7) is 3.67. The molecule has 2 N–H and O–H groups in total. The van der Waals surface area contributed by atoms with E-state index in [2.05, 4.69) is 22.5 Å². The second-order valence-corrected chi connectivity index (χ2v) is 7.30. The fourth-order valence-corrected chi connectivity index (χ4v) is 3.52. The van der Waals surface area contributed by atoms with Gasteiger partial charge in [0, 0.05) is 38.4 Å². The summed E-state index contributed by atoms with van der Waals surface area (Å²) in [5.41, 5.74) is 0. The minimum Gasteiger partial charge on any atom is -0.355 e. The molecule has 0 bridgehead atoms. The Bertz CT molecular complexity index is 622. The Labute approximate surface area is 170 Å². The second kappa shape index (κ2) is 11.5. The average molecular weight is 410 g/mol. The lowest BCUT2D eigenvalue weighted by atomic mass is 10.1. The Morgan fingerprint density at radius 3 is 2.38 bits per heavy atom. The van der Waals surface area contributed by atoms with Crippen molar-refractivity contribution in [2.24, 2.45) is 0 Å². The molecule has 1 atom stereocenters. The van der Waals surface area contributed by atoms with Crippen molar-refractivity contribution < 1.29 is 28.8 Å². The fourth-order valence-electron chi connectivity index (χ4n) is 3.52. The highest BCUT2D eigenvalue weighted by molar-refractivity contribution is 6.01. The molecule has 2 heterocycles. The van der Waals surface area contributed by atoms with Crippen LogP contribution in [0.5, 0.6) is 0 Å². The first-order valence-corrected chi connectivity index (χ1v) is 10.2. The molecule has 162 valence electrons. The molecule has 10 nitrogen and oxygen atoms in total. The van der Waals surface area contributed by atoms with Gasteiger partial charge in [-0.15, -0.1) is 5.06 Å². The van der Waals surface area contributed by atoms with Crippen LogP contribution in [-0.4, -0.2) is 71.8 Å². The first kappa shape index (κ1) is 22.8. The van der Waals surface area contributed by atoms with Crippen LogP contribution in [0.4, 0.5) is 0 Å². The van der Waals surface area contributed by atoms with Crippen LogP contribution in [-0.2, 0) is 28.8 Å². The number of carbonyl (C=O) groups excluding carboxylic acids is 5. The van der Waals surface area contributed by atoms with E-state index < -0.39 is 17.8 Å². The minimum absolute atomic E-state index is 0.0221. The normalized spacial score (nSPS) is 19.5. The van der Waals surface area contributed by atoms with E-state index in [1.165, 1.54) is 0 Å². The molecule has 2 fully saturated rings. The van der Waals surface area contributed by atoms with Crippen molar-refractivity contribution in [3.63, 3.8) is 0 Å². The Balaban J connectivity index is 1.54. The minimum atomic E-state index is -0.769. The largest absolute Gasteiger partial charge is 0.355 e. The molecule has 2 aliphatic rings. The van der Waals surface area contributed by atoms with E-state index in [-0.39, 0.29) is 50.6 Å². The van der Waals surface area contributed by atoms with Crippen LogP contribution in [0, 0.1) is 0 Å². The lowest BCUT2D eigenvalue weighted by molar-refractivity contribution is -0.197. The van der Waals surface area contributed by atoms with Gasteiger partial charge in [-0.05, 0) is 25.8 Å². The van der Waals surface area contributed by atoms with Crippen LogP contribution in [0.25, 0.3) is 0 Å². The Kier molecular flexibility index (Phi) is 9.04. The van der Waals surface area contributed by atoms with E-state index in [9.17, 15) is 24.0 Å². The van der Waals surface area contributed by atoms with Crippen molar-refractivity contribution in [1.29, 1.82) is 0 Å². The van der Waals surface area contributed by atoms with Crippen molar-refractivity contribution in [2.75, 3.05) is 26.2 Å². The monoisotopic (exact) mass is 410 g/mol. The predicted molar refractivity (Wildman–Crippen MR) is 102 cm³/mol. The van der Waals surface area contributed by atoms with E-state index in [1.54, 1.807) is 0 Å². The summed E-state index contributed by atoms with van der Waals surface area (Å²) >= 11 is 0. The number of nitrogens with zero attached hydrogens (tertiary/aromatic N) is 2. The SMILES string of the molecule is CCCC1CCCN1CC(=O)NCCC(=O)NCCC(=O)ON1C(=O)CCC1=O. The number of carbonyl (C=O) groups is 5. The molecular weight excluding hydrogens is 380 g/mol. The number of nitrogens with one attached hydrogen (secondary N) is 2. The first-order chi connectivity index (χ1) is 13.9. The Morgan fingerprint density at radius 2 is 1.69 bits per heavy atom. The first-order valence-electron chi connectivity index (χ1n) is 10.2. The zero-order valence-electron chi connectivity index (χ0n) is 16.9. The van der Waals surface area contributed by atoms with Crippen LogP contribution in [0.2, 0.25) is 0 Å². The molecule has 0 aromatic carbocycles. The molecule has 0 radical (unpaired) electrons. The highest BCUT2D eigenvalue weighted by Gasteiger charge is 2.32. The quantitative estimate of drug-likeness (QED) is 0.455. The summed E-state index contributed by atoms with van der Waals surface area (Å²) in [7, 11) is 0. The molecule has 29 heavy (non-hydrogen) atoms. The van der Waals surface area contributed by atoms with Gasteiger partial charge in [0.1, 0.15) is 0 Å². The standard InChI is InChI=1S/C19H30N4O6/c1-2-4-14-5-3-12-22(14)13-16(25)21-10-8-15(24)20-11-9-19(28)29-23-17(26)6-7-18(23)27/h14H,2-13H2,1H3,(H,20,24)(H,21,25). The smallest absolute Gasteiger partial charge is 0.334 e. The lowest BCUT2D eigenvalue weighted by Gasteiger charge is -2.23. The Hall–Kier alpha value is -2.49. The van der Waals surface area contributed by atoms with Gasteiger partial charge in [-0.2, -0.15) is 0 Å². The van der Waals surface area contributed by atoms with Gasteiger partial charge in [-0.1, -0.05) is 13.3 Å². The zero-order chi connectivity index (χ0) is 21.2. The molecule has 2 aliphatic heterocycles. The molecule has 10 heteroatoms. The maximum absolute atomic E-state index is 12.0. The number of rotatable bonds is 11. The lowest BCUT2D eigenvalue weighted by Crippen LogP contribution is -2.41. The van der Waals surface area contributed by atoms with Crippen molar-refractivity contribution in [3.05, 3.63) is 0 Å². The number of amides is 4. The summed E-state index contributed by atoms with van der Waals surface area (Å²) in [4.78, 5) is 65.1. The molecule has 0 aromatic rings. The van der Waals surface area contributed by atoms with Crippen molar-refractivity contribution in [2.45, 2.75) is 64.3 Å².